The van der Waals surface area contributed by atoms with Gasteiger partial charge in [0.05, 0.1) is 15.7 Å². The van der Waals surface area contributed by atoms with Crippen molar-refractivity contribution in [2.75, 3.05) is 5.75 Å². The normalized spacial score (nSPS) is 14.7. The predicted octanol–water partition coefficient (Wildman–Crippen LogP) is 3.93. The molecule has 0 saturated heterocycles. The van der Waals surface area contributed by atoms with E-state index in [0.717, 1.165) is 12.2 Å². The summed E-state index contributed by atoms with van der Waals surface area (Å²) in [5.74, 6) is -2.81. The molecule has 0 N–H and O–H groups in total. The van der Waals surface area contributed by atoms with Gasteiger partial charge in [0.15, 0.2) is 13.7 Å². The van der Waals surface area contributed by atoms with Crippen molar-refractivity contribution in [1.82, 2.24) is 0 Å². The van der Waals surface area contributed by atoms with Gasteiger partial charge in [0, 0.05) is 4.75 Å². The van der Waals surface area contributed by atoms with Gasteiger partial charge in [-0.3, -0.25) is 0 Å². The molecule has 0 atom stereocenters. The topological polar surface area (TPSA) is 0 Å². The highest BCUT2D eigenvalue weighted by molar-refractivity contribution is 8.00. The lowest BCUT2D eigenvalue weighted by Gasteiger charge is -2.41. The molecule has 0 aliphatic rings. The number of hydrogen-bond donors (Lipinski definition) is 0. The van der Waals surface area contributed by atoms with Crippen LogP contribution in [-0.4, -0.2) is 39.9 Å². The van der Waals surface area contributed by atoms with Crippen LogP contribution in [0.25, 0.3) is 0 Å². The van der Waals surface area contributed by atoms with E-state index in [1.165, 1.54) is 0 Å². The van der Waals surface area contributed by atoms with Gasteiger partial charge in [0.25, 0.3) is 0 Å². The van der Waals surface area contributed by atoms with Gasteiger partial charge < -0.3 is 0 Å². The van der Waals surface area contributed by atoms with Gasteiger partial charge in [-0.25, -0.2) is 8.78 Å². The maximum Gasteiger partial charge on any atom is 0.190 e. The smallest absolute Gasteiger partial charge is 0.190 e. The minimum absolute atomic E-state index is 0.00608. The molecule has 0 aromatic carbocycles. The maximum atomic E-state index is 12.9. The van der Waals surface area contributed by atoms with E-state index >= 15 is 0 Å². The van der Waals surface area contributed by atoms with Crippen LogP contribution in [0, 0.1) is 5.41 Å². The third-order valence-corrected chi connectivity index (χ3v) is 6.10. The Morgan fingerprint density at radius 3 is 1.84 bits per heavy atom. The lowest BCUT2D eigenvalue weighted by Crippen LogP contribution is -2.37. The van der Waals surface area contributed by atoms with Crippen molar-refractivity contribution in [3.63, 3.8) is 0 Å². The van der Waals surface area contributed by atoms with E-state index in [9.17, 15) is 8.78 Å². The van der Waals surface area contributed by atoms with Crippen LogP contribution in [0.3, 0.4) is 0 Å². The second kappa shape index (κ2) is 6.45. The van der Waals surface area contributed by atoms with E-state index in [1.807, 2.05) is 0 Å². The Hall–Kier alpha value is 0.405. The van der Waals surface area contributed by atoms with Crippen LogP contribution in [0.4, 0.5) is 8.78 Å². The first-order valence-corrected chi connectivity index (χ1v) is 7.64. The molecule has 0 aromatic heterocycles. The number of thioether (sulfide) groups is 1. The van der Waals surface area contributed by atoms with Crippen LogP contribution in [0.15, 0.2) is 0 Å². The summed E-state index contributed by atoms with van der Waals surface area (Å²) in [6, 6.07) is 0. The van der Waals surface area contributed by atoms with Crippen LogP contribution < -0.4 is 0 Å². The van der Waals surface area contributed by atoms with Crippen LogP contribution >= 0.6 is 11.8 Å². The van der Waals surface area contributed by atoms with Gasteiger partial charge in [0.1, 0.15) is 0 Å². The molecular weight excluding hydrogens is 259 g/mol. The summed E-state index contributed by atoms with van der Waals surface area (Å²) in [5, 5.41) is -2.13. The summed E-state index contributed by atoms with van der Waals surface area (Å²) in [6.45, 7) is 10.9. The Morgan fingerprint density at radius 2 is 1.47 bits per heavy atom. The first kappa shape index (κ1) is 19.4. The molecule has 6 heteroatoms. The second-order valence-electron chi connectivity index (χ2n) is 6.36. The molecule has 0 aliphatic carbocycles. The van der Waals surface area contributed by atoms with Crippen molar-refractivity contribution in [1.29, 1.82) is 0 Å². The fourth-order valence-corrected chi connectivity index (χ4v) is 2.81. The highest BCUT2D eigenvalue weighted by Gasteiger charge is 2.39. The zero-order valence-electron chi connectivity index (χ0n) is 12.7. The summed E-state index contributed by atoms with van der Waals surface area (Å²) in [7, 11) is 15.4. The molecule has 0 amide bonds. The Balaban J connectivity index is 4.27. The number of halogens is 2. The molecule has 19 heavy (non-hydrogen) atoms. The SMILES string of the molecule is [B]C(F)(F)C([B])([B])CCCSC(C)(C)C(C)(C)CC. The quantitative estimate of drug-likeness (QED) is 0.480. The van der Waals surface area contributed by atoms with Gasteiger partial charge >= 0.3 is 0 Å². The molecule has 0 rings (SSSR count). The third kappa shape index (κ3) is 5.36. The van der Waals surface area contributed by atoms with Gasteiger partial charge in [-0.05, 0) is 29.2 Å². The Morgan fingerprint density at radius 1 is 1.00 bits per heavy atom. The maximum absolute atomic E-state index is 12.9. The van der Waals surface area contributed by atoms with E-state index in [2.05, 4.69) is 42.5 Å². The Kier molecular flexibility index (Phi) is 6.59. The summed E-state index contributed by atoms with van der Waals surface area (Å²) in [4.78, 5) is 0. The van der Waals surface area contributed by atoms with Crippen LogP contribution in [0.1, 0.15) is 53.9 Å². The van der Waals surface area contributed by atoms with Gasteiger partial charge in [0.2, 0.25) is 0 Å². The van der Waals surface area contributed by atoms with Gasteiger partial charge in [-0.2, -0.15) is 11.8 Å². The lowest BCUT2D eigenvalue weighted by molar-refractivity contribution is 0.0679. The monoisotopic (exact) mass is 282 g/mol. The Labute approximate surface area is 125 Å². The summed E-state index contributed by atoms with van der Waals surface area (Å²) in [5.41, 5.74) is 0.179. The molecule has 104 valence electrons. The lowest BCUT2D eigenvalue weighted by atomic mass is 9.45. The van der Waals surface area contributed by atoms with Crippen molar-refractivity contribution in [2.45, 2.75) is 69.7 Å². The minimum atomic E-state index is -3.55. The average molecular weight is 282 g/mol. The highest BCUT2D eigenvalue weighted by atomic mass is 32.2. The molecule has 0 unspecified atom stereocenters. The van der Waals surface area contributed by atoms with Crippen LogP contribution in [0.2, 0.25) is 5.21 Å². The van der Waals surface area contributed by atoms with Crippen molar-refractivity contribution in [2.24, 2.45) is 5.41 Å². The zero-order valence-corrected chi connectivity index (χ0v) is 13.5. The molecule has 0 spiro atoms. The fraction of sp³-hybridized carbons (Fsp3) is 1.00. The number of alkyl halides is 2. The molecule has 0 saturated carbocycles. The molecule has 0 bridgehead atoms. The predicted molar refractivity (Wildman–Crippen MR) is 84.7 cm³/mol. The standard InChI is InChI=1S/C13H23B3F2S/c1-6-10(2,3)11(4,5)19-9-7-8-12(14,15)13(16,17)18/h6-9H2,1-5H3. The highest BCUT2D eigenvalue weighted by Crippen LogP contribution is 2.45. The number of rotatable bonds is 8. The van der Waals surface area contributed by atoms with E-state index in [4.69, 9.17) is 15.7 Å². The third-order valence-electron chi connectivity index (χ3n) is 4.33. The molecule has 0 nitrogen and oxygen atoms in total. The van der Waals surface area contributed by atoms with Gasteiger partial charge in [-0.1, -0.05) is 41.0 Å². The molecular formula is C13H23B3F2S. The van der Waals surface area contributed by atoms with Crippen LogP contribution in [-0.2, 0) is 0 Å². The average Bonchev–Trinajstić information content (AvgIpc) is 2.22. The molecule has 6 radical (unpaired) electrons. The zero-order chi connectivity index (χ0) is 15.5. The van der Waals surface area contributed by atoms with Gasteiger partial charge in [-0.15, -0.1) is 0 Å². The first-order valence-electron chi connectivity index (χ1n) is 6.65. The summed E-state index contributed by atoms with van der Waals surface area (Å²) < 4.78 is 25.9. The minimum Gasteiger partial charge on any atom is -0.220 e. The number of hydrogen-bond acceptors (Lipinski definition) is 1. The molecule has 0 fully saturated rings. The first-order chi connectivity index (χ1) is 8.27. The Bertz CT molecular complexity index is 286. The summed E-state index contributed by atoms with van der Waals surface area (Å²) in [6.07, 6.45) is 1.59. The second-order valence-corrected chi connectivity index (χ2v) is 8.08. The molecule has 0 aromatic rings. The summed E-state index contributed by atoms with van der Waals surface area (Å²) >= 11 is 1.76. The van der Waals surface area contributed by atoms with E-state index in [1.54, 1.807) is 11.8 Å². The largest absolute Gasteiger partial charge is 0.220 e. The van der Waals surface area contributed by atoms with Crippen molar-refractivity contribution >= 4 is 35.3 Å². The van der Waals surface area contributed by atoms with E-state index in [-0.39, 0.29) is 16.6 Å². The van der Waals surface area contributed by atoms with E-state index in [0.29, 0.717) is 6.42 Å². The van der Waals surface area contributed by atoms with Crippen molar-refractivity contribution in [3.8, 4) is 0 Å². The van der Waals surface area contributed by atoms with Crippen molar-refractivity contribution < 1.29 is 8.78 Å². The fourth-order valence-electron chi connectivity index (χ4n) is 1.48. The molecule has 0 aliphatic heterocycles. The van der Waals surface area contributed by atoms with Crippen molar-refractivity contribution in [3.05, 3.63) is 0 Å². The van der Waals surface area contributed by atoms with E-state index < -0.39 is 11.0 Å². The molecule has 0 heterocycles. The van der Waals surface area contributed by atoms with Crippen LogP contribution in [0.5, 0.6) is 0 Å².